The maximum atomic E-state index is 12.0. The summed E-state index contributed by atoms with van der Waals surface area (Å²) in [4.78, 5) is 16.0. The molecule has 0 aliphatic heterocycles. The summed E-state index contributed by atoms with van der Waals surface area (Å²) in [5.74, 6) is 0.571. The minimum atomic E-state index is -0.566. The number of amides is 1. The molecule has 1 unspecified atom stereocenters. The zero-order valence-electron chi connectivity index (χ0n) is 11.1. The quantitative estimate of drug-likeness (QED) is 0.933. The van der Waals surface area contributed by atoms with Crippen molar-refractivity contribution in [2.24, 2.45) is 0 Å². The van der Waals surface area contributed by atoms with E-state index in [2.05, 4.69) is 10.3 Å². The molecule has 2 rings (SSSR count). The number of carbonyl (C=O) groups excluding carboxylic acids is 1. The molecular formula is C14H16N2O2S. The summed E-state index contributed by atoms with van der Waals surface area (Å²) in [5, 5.41) is 5.12. The molecule has 5 heteroatoms. The second-order valence-corrected chi connectivity index (χ2v) is 5.20. The van der Waals surface area contributed by atoms with Crippen LogP contribution in [0.3, 0.4) is 0 Å². The summed E-state index contributed by atoms with van der Waals surface area (Å²) >= 11 is 1.38. The van der Waals surface area contributed by atoms with Gasteiger partial charge in [0.2, 0.25) is 0 Å². The lowest BCUT2D eigenvalue weighted by Gasteiger charge is -2.17. The fraction of sp³-hybridized carbons (Fsp3) is 0.286. The third kappa shape index (κ3) is 3.32. The Bertz CT molecular complexity index is 547. The Hall–Kier alpha value is -1.88. The van der Waals surface area contributed by atoms with Crippen LogP contribution in [0.4, 0.5) is 5.13 Å². The molecule has 0 aliphatic rings. The van der Waals surface area contributed by atoms with Gasteiger partial charge < -0.3 is 4.74 Å². The third-order valence-electron chi connectivity index (χ3n) is 2.74. The molecule has 4 nitrogen and oxygen atoms in total. The van der Waals surface area contributed by atoms with Crippen molar-refractivity contribution < 1.29 is 9.53 Å². The van der Waals surface area contributed by atoms with Gasteiger partial charge in [-0.3, -0.25) is 10.1 Å². The van der Waals surface area contributed by atoms with E-state index >= 15 is 0 Å². The van der Waals surface area contributed by atoms with Crippen LogP contribution in [0.5, 0.6) is 5.75 Å². The molecule has 0 aliphatic carbocycles. The summed E-state index contributed by atoms with van der Waals surface area (Å²) in [6.45, 7) is 5.66. The van der Waals surface area contributed by atoms with Crippen molar-refractivity contribution in [3.63, 3.8) is 0 Å². The van der Waals surface area contributed by atoms with E-state index in [0.717, 1.165) is 16.9 Å². The largest absolute Gasteiger partial charge is 0.480 e. The Morgan fingerprint density at radius 1 is 1.37 bits per heavy atom. The molecule has 0 radical (unpaired) electrons. The predicted molar refractivity (Wildman–Crippen MR) is 76.7 cm³/mol. The molecule has 1 amide bonds. The predicted octanol–water partition coefficient (Wildman–Crippen LogP) is 3.17. The average molecular weight is 276 g/mol. The number of hydrogen-bond acceptors (Lipinski definition) is 4. The fourth-order valence-corrected chi connectivity index (χ4v) is 2.24. The van der Waals surface area contributed by atoms with E-state index < -0.39 is 6.10 Å². The number of carbonyl (C=O) groups is 1. The number of ether oxygens (including phenoxy) is 1. The molecule has 1 aromatic carbocycles. The first-order chi connectivity index (χ1) is 9.08. The molecule has 100 valence electrons. The van der Waals surface area contributed by atoms with Crippen molar-refractivity contribution in [2.45, 2.75) is 26.9 Å². The SMILES string of the molecule is Cc1cccc(C)c1OC(C)C(=O)Nc1nccs1. The highest BCUT2D eigenvalue weighted by molar-refractivity contribution is 7.13. The van der Waals surface area contributed by atoms with Gasteiger partial charge in [-0.1, -0.05) is 18.2 Å². The highest BCUT2D eigenvalue weighted by Crippen LogP contribution is 2.23. The van der Waals surface area contributed by atoms with Gasteiger partial charge >= 0.3 is 0 Å². The monoisotopic (exact) mass is 276 g/mol. The van der Waals surface area contributed by atoms with E-state index in [9.17, 15) is 4.79 Å². The molecule has 1 heterocycles. The first-order valence-electron chi connectivity index (χ1n) is 6.01. The molecule has 1 N–H and O–H groups in total. The maximum Gasteiger partial charge on any atom is 0.266 e. The van der Waals surface area contributed by atoms with Gasteiger partial charge in [-0.15, -0.1) is 11.3 Å². The Morgan fingerprint density at radius 2 is 2.05 bits per heavy atom. The van der Waals surface area contributed by atoms with E-state index in [0.29, 0.717) is 5.13 Å². The van der Waals surface area contributed by atoms with Gasteiger partial charge in [-0.2, -0.15) is 0 Å². The molecule has 19 heavy (non-hydrogen) atoms. The number of hydrogen-bond donors (Lipinski definition) is 1. The van der Waals surface area contributed by atoms with Gasteiger partial charge in [0.1, 0.15) is 5.75 Å². The van der Waals surface area contributed by atoms with Crippen LogP contribution < -0.4 is 10.1 Å². The number of anilines is 1. The van der Waals surface area contributed by atoms with Crippen LogP contribution in [0.25, 0.3) is 0 Å². The van der Waals surface area contributed by atoms with E-state index in [1.807, 2.05) is 37.4 Å². The van der Waals surface area contributed by atoms with Crippen molar-refractivity contribution >= 4 is 22.4 Å². The second-order valence-electron chi connectivity index (χ2n) is 4.31. The van der Waals surface area contributed by atoms with Gasteiger partial charge in [0.25, 0.3) is 5.91 Å². The number of nitrogens with zero attached hydrogens (tertiary/aromatic N) is 1. The van der Waals surface area contributed by atoms with Crippen LogP contribution in [-0.4, -0.2) is 17.0 Å². The van der Waals surface area contributed by atoms with Crippen LogP contribution in [0, 0.1) is 13.8 Å². The molecule has 0 saturated heterocycles. The van der Waals surface area contributed by atoms with Crippen molar-refractivity contribution in [1.29, 1.82) is 0 Å². The summed E-state index contributed by atoms with van der Waals surface area (Å²) < 4.78 is 5.75. The first kappa shape index (κ1) is 13.5. The Morgan fingerprint density at radius 3 is 2.63 bits per heavy atom. The summed E-state index contributed by atoms with van der Waals surface area (Å²) in [7, 11) is 0. The molecule has 0 saturated carbocycles. The number of nitrogens with one attached hydrogen (secondary N) is 1. The Labute approximate surface area is 116 Å². The minimum Gasteiger partial charge on any atom is -0.480 e. The van der Waals surface area contributed by atoms with Crippen molar-refractivity contribution in [3.05, 3.63) is 40.9 Å². The number of thiazole rings is 1. The zero-order chi connectivity index (χ0) is 13.8. The van der Waals surface area contributed by atoms with Crippen LogP contribution in [0.1, 0.15) is 18.1 Å². The number of aromatic nitrogens is 1. The number of benzene rings is 1. The molecule has 1 atom stereocenters. The van der Waals surface area contributed by atoms with E-state index in [1.54, 1.807) is 13.1 Å². The highest BCUT2D eigenvalue weighted by atomic mass is 32.1. The molecule has 0 fully saturated rings. The normalized spacial score (nSPS) is 11.9. The second kappa shape index (κ2) is 5.84. The van der Waals surface area contributed by atoms with Gasteiger partial charge in [0.05, 0.1) is 0 Å². The molecule has 1 aromatic heterocycles. The molecular weight excluding hydrogens is 260 g/mol. The van der Waals surface area contributed by atoms with Crippen LogP contribution >= 0.6 is 11.3 Å². The van der Waals surface area contributed by atoms with Crippen LogP contribution in [0.2, 0.25) is 0 Å². The van der Waals surface area contributed by atoms with Gasteiger partial charge in [0.15, 0.2) is 11.2 Å². The van der Waals surface area contributed by atoms with E-state index in [-0.39, 0.29) is 5.91 Å². The highest BCUT2D eigenvalue weighted by Gasteiger charge is 2.17. The average Bonchev–Trinajstić information content (AvgIpc) is 2.86. The van der Waals surface area contributed by atoms with Crippen molar-refractivity contribution in [3.8, 4) is 5.75 Å². The minimum absolute atomic E-state index is 0.197. The number of rotatable bonds is 4. The van der Waals surface area contributed by atoms with E-state index in [1.165, 1.54) is 11.3 Å². The number of para-hydroxylation sites is 1. The van der Waals surface area contributed by atoms with Crippen molar-refractivity contribution in [2.75, 3.05) is 5.32 Å². The summed E-state index contributed by atoms with van der Waals surface area (Å²) in [6, 6.07) is 5.90. The van der Waals surface area contributed by atoms with Crippen molar-refractivity contribution in [1.82, 2.24) is 4.98 Å². The lowest BCUT2D eigenvalue weighted by molar-refractivity contribution is -0.122. The maximum absolute atomic E-state index is 12.0. The Balaban J connectivity index is 2.04. The Kier molecular flexibility index (Phi) is 4.16. The molecule has 0 bridgehead atoms. The molecule has 2 aromatic rings. The topological polar surface area (TPSA) is 51.2 Å². The standard InChI is InChI=1S/C14H16N2O2S/c1-9-5-4-6-10(2)12(9)18-11(3)13(17)16-14-15-7-8-19-14/h4-8,11H,1-3H3,(H,15,16,17). The third-order valence-corrected chi connectivity index (χ3v) is 3.42. The smallest absolute Gasteiger partial charge is 0.266 e. The van der Waals surface area contributed by atoms with E-state index in [4.69, 9.17) is 4.74 Å². The van der Waals surface area contributed by atoms with Gasteiger partial charge in [-0.25, -0.2) is 4.98 Å². The van der Waals surface area contributed by atoms with Crippen LogP contribution in [-0.2, 0) is 4.79 Å². The van der Waals surface area contributed by atoms with Crippen LogP contribution in [0.15, 0.2) is 29.8 Å². The summed E-state index contributed by atoms with van der Waals surface area (Å²) in [5.41, 5.74) is 2.04. The molecule has 0 spiro atoms. The number of aryl methyl sites for hydroxylation is 2. The lowest BCUT2D eigenvalue weighted by Crippen LogP contribution is -2.30. The van der Waals surface area contributed by atoms with Gasteiger partial charge in [-0.05, 0) is 31.9 Å². The summed E-state index contributed by atoms with van der Waals surface area (Å²) in [6.07, 6.45) is 1.08. The fourth-order valence-electron chi connectivity index (χ4n) is 1.71. The van der Waals surface area contributed by atoms with Gasteiger partial charge in [0, 0.05) is 11.6 Å². The lowest BCUT2D eigenvalue weighted by atomic mass is 10.1. The first-order valence-corrected chi connectivity index (χ1v) is 6.89. The zero-order valence-corrected chi connectivity index (χ0v) is 12.0.